The molecule has 3 N–H and O–H groups in total. The summed E-state index contributed by atoms with van der Waals surface area (Å²) in [6.45, 7) is -0.334. The first-order chi connectivity index (χ1) is 9.86. The highest BCUT2D eigenvalue weighted by molar-refractivity contribution is 14.0. The van der Waals surface area contributed by atoms with Crippen molar-refractivity contribution in [1.82, 2.24) is 0 Å². The topological polar surface area (TPSA) is 59.6 Å². The summed E-state index contributed by atoms with van der Waals surface area (Å²) in [6, 6.07) is 6.92. The highest BCUT2D eigenvalue weighted by Crippen LogP contribution is 2.53. The first-order valence-electron chi connectivity index (χ1n) is 6.64. The van der Waals surface area contributed by atoms with Gasteiger partial charge in [-0.3, -0.25) is 4.99 Å². The van der Waals surface area contributed by atoms with Gasteiger partial charge in [-0.05, 0) is 25.0 Å². The molecule has 0 bridgehead atoms. The van der Waals surface area contributed by atoms with Gasteiger partial charge >= 0.3 is 6.18 Å². The maximum absolute atomic E-state index is 13.0. The molecule has 1 aromatic rings. The minimum absolute atomic E-state index is 0. The summed E-state index contributed by atoms with van der Waals surface area (Å²) in [5, 5.41) is 2.77. The number of rotatable bonds is 4. The lowest BCUT2D eigenvalue weighted by molar-refractivity contribution is -0.245. The van der Waals surface area contributed by atoms with E-state index in [9.17, 15) is 13.2 Å². The molecule has 0 spiro atoms. The van der Waals surface area contributed by atoms with Crippen LogP contribution in [-0.4, -0.2) is 25.8 Å². The first-order valence-corrected chi connectivity index (χ1v) is 6.64. The lowest BCUT2D eigenvalue weighted by Crippen LogP contribution is -2.46. The summed E-state index contributed by atoms with van der Waals surface area (Å²) >= 11 is 0. The van der Waals surface area contributed by atoms with Crippen molar-refractivity contribution >= 4 is 35.6 Å². The number of aliphatic imine (C=N–C) groups is 1. The fraction of sp³-hybridized carbons (Fsp3) is 0.500. The molecule has 0 aromatic heterocycles. The van der Waals surface area contributed by atoms with E-state index >= 15 is 0 Å². The van der Waals surface area contributed by atoms with E-state index < -0.39 is 11.6 Å². The van der Waals surface area contributed by atoms with Crippen molar-refractivity contribution < 1.29 is 17.9 Å². The number of hydrogen-bond acceptors (Lipinski definition) is 2. The van der Waals surface area contributed by atoms with Crippen molar-refractivity contribution in [3.05, 3.63) is 24.3 Å². The van der Waals surface area contributed by atoms with E-state index in [0.29, 0.717) is 17.9 Å². The second-order valence-corrected chi connectivity index (χ2v) is 5.19. The van der Waals surface area contributed by atoms with Crippen LogP contribution in [0.1, 0.15) is 19.3 Å². The molecule has 0 amide bonds. The zero-order chi connectivity index (χ0) is 15.5. The van der Waals surface area contributed by atoms with Gasteiger partial charge in [-0.1, -0.05) is 12.5 Å². The van der Waals surface area contributed by atoms with Gasteiger partial charge in [0.1, 0.15) is 5.75 Å². The molecule has 0 unspecified atom stereocenters. The van der Waals surface area contributed by atoms with E-state index in [-0.39, 0.29) is 49.3 Å². The van der Waals surface area contributed by atoms with Gasteiger partial charge in [0, 0.05) is 11.8 Å². The van der Waals surface area contributed by atoms with Crippen LogP contribution in [0, 0.1) is 5.41 Å². The minimum Gasteiger partial charge on any atom is -0.497 e. The number of methoxy groups -OCH3 is 1. The van der Waals surface area contributed by atoms with Crippen molar-refractivity contribution in [2.45, 2.75) is 25.4 Å². The summed E-state index contributed by atoms with van der Waals surface area (Å²) in [6.07, 6.45) is -3.41. The number of nitrogens with one attached hydrogen (secondary N) is 1. The molecule has 0 aliphatic heterocycles. The molecule has 1 fully saturated rings. The summed E-state index contributed by atoms with van der Waals surface area (Å²) in [5.41, 5.74) is 4.57. The van der Waals surface area contributed by atoms with Crippen molar-refractivity contribution in [3.8, 4) is 5.75 Å². The molecule has 8 heteroatoms. The minimum atomic E-state index is -4.23. The fourth-order valence-corrected chi connectivity index (χ4v) is 2.26. The van der Waals surface area contributed by atoms with Crippen LogP contribution in [0.2, 0.25) is 0 Å². The maximum Gasteiger partial charge on any atom is 0.396 e. The van der Waals surface area contributed by atoms with Crippen LogP contribution in [0.15, 0.2) is 29.3 Å². The Kier molecular flexibility index (Phi) is 6.33. The number of anilines is 1. The number of alkyl halides is 3. The number of benzene rings is 1. The smallest absolute Gasteiger partial charge is 0.396 e. The van der Waals surface area contributed by atoms with Crippen molar-refractivity contribution in [3.63, 3.8) is 0 Å². The van der Waals surface area contributed by atoms with Gasteiger partial charge in [-0.25, -0.2) is 0 Å². The molecule has 22 heavy (non-hydrogen) atoms. The van der Waals surface area contributed by atoms with Gasteiger partial charge in [0.15, 0.2) is 5.96 Å². The Labute approximate surface area is 144 Å². The molecule has 1 aliphatic rings. The quantitative estimate of drug-likeness (QED) is 0.435. The van der Waals surface area contributed by atoms with Gasteiger partial charge in [-0.15, -0.1) is 24.0 Å². The maximum atomic E-state index is 13.0. The molecule has 4 nitrogen and oxygen atoms in total. The normalized spacial score (nSPS) is 17.2. The Bertz CT molecular complexity index is 530. The van der Waals surface area contributed by atoms with Crippen LogP contribution in [0.3, 0.4) is 0 Å². The number of nitrogens with two attached hydrogens (primary N) is 1. The molecule has 0 radical (unpaired) electrons. The number of ether oxygens (including phenoxy) is 1. The molecule has 1 aliphatic carbocycles. The Balaban J connectivity index is 0.00000242. The third kappa shape index (κ3) is 4.17. The van der Waals surface area contributed by atoms with Gasteiger partial charge in [0.05, 0.1) is 19.1 Å². The molecular formula is C14H19F3IN3O. The fourth-order valence-electron chi connectivity index (χ4n) is 2.26. The molecule has 0 atom stereocenters. The Morgan fingerprint density at radius 1 is 1.41 bits per heavy atom. The van der Waals surface area contributed by atoms with E-state index in [0.717, 1.165) is 0 Å². The monoisotopic (exact) mass is 429 g/mol. The molecule has 124 valence electrons. The Hall–Kier alpha value is -1.19. The standard InChI is InChI=1S/C14H18F3N3O.HI/c1-21-11-5-2-4-10(8-11)20-12(18)19-9-13(6-3-7-13)14(15,16)17;/h2,4-5,8H,3,6-7,9H2,1H3,(H3,18,19,20);1H. The van der Waals surface area contributed by atoms with E-state index in [1.807, 2.05) is 0 Å². The Morgan fingerprint density at radius 3 is 2.59 bits per heavy atom. The van der Waals surface area contributed by atoms with Crippen LogP contribution < -0.4 is 15.8 Å². The lowest BCUT2D eigenvalue weighted by atomic mass is 9.68. The number of guanidine groups is 1. The molecule has 1 aromatic carbocycles. The van der Waals surface area contributed by atoms with Crippen molar-refractivity contribution in [1.29, 1.82) is 0 Å². The van der Waals surface area contributed by atoms with Crippen LogP contribution in [0.4, 0.5) is 18.9 Å². The first kappa shape index (κ1) is 18.9. The second-order valence-electron chi connectivity index (χ2n) is 5.19. The molecule has 0 saturated heterocycles. The summed E-state index contributed by atoms with van der Waals surface area (Å²) in [7, 11) is 1.53. The van der Waals surface area contributed by atoms with Gasteiger partial charge in [0.25, 0.3) is 0 Å². The molecular weight excluding hydrogens is 410 g/mol. The third-order valence-electron chi connectivity index (χ3n) is 3.81. The van der Waals surface area contributed by atoms with Crippen LogP contribution >= 0.6 is 24.0 Å². The summed E-state index contributed by atoms with van der Waals surface area (Å²) in [4.78, 5) is 3.86. The number of hydrogen-bond donors (Lipinski definition) is 2. The number of nitrogens with zero attached hydrogens (tertiary/aromatic N) is 1. The predicted molar refractivity (Wildman–Crippen MR) is 90.9 cm³/mol. The van der Waals surface area contributed by atoms with Crippen LogP contribution in [0.5, 0.6) is 5.75 Å². The van der Waals surface area contributed by atoms with Crippen molar-refractivity contribution in [2.75, 3.05) is 19.0 Å². The van der Waals surface area contributed by atoms with Crippen LogP contribution in [0.25, 0.3) is 0 Å². The highest BCUT2D eigenvalue weighted by atomic mass is 127. The average molecular weight is 429 g/mol. The highest BCUT2D eigenvalue weighted by Gasteiger charge is 2.58. The lowest BCUT2D eigenvalue weighted by Gasteiger charge is -2.41. The molecule has 0 heterocycles. The third-order valence-corrected chi connectivity index (χ3v) is 3.81. The summed E-state index contributed by atoms with van der Waals surface area (Å²) in [5.74, 6) is 0.595. The second kappa shape index (κ2) is 7.38. The number of halogens is 4. The van der Waals surface area contributed by atoms with Gasteiger partial charge < -0.3 is 15.8 Å². The SMILES string of the molecule is COc1cccc(NC(N)=NCC2(C(F)(F)F)CCC2)c1.I. The predicted octanol–water partition coefficient (Wildman–Crippen LogP) is 3.77. The summed E-state index contributed by atoms with van der Waals surface area (Å²) < 4.78 is 44.0. The molecule has 1 saturated carbocycles. The van der Waals surface area contributed by atoms with E-state index in [1.54, 1.807) is 24.3 Å². The van der Waals surface area contributed by atoms with Crippen LogP contribution in [-0.2, 0) is 0 Å². The Morgan fingerprint density at radius 2 is 2.09 bits per heavy atom. The zero-order valence-corrected chi connectivity index (χ0v) is 14.4. The average Bonchev–Trinajstić information content (AvgIpc) is 2.36. The van der Waals surface area contributed by atoms with E-state index in [2.05, 4.69) is 10.3 Å². The van der Waals surface area contributed by atoms with E-state index in [4.69, 9.17) is 10.5 Å². The molecule has 2 rings (SSSR count). The largest absolute Gasteiger partial charge is 0.497 e. The van der Waals surface area contributed by atoms with E-state index in [1.165, 1.54) is 7.11 Å². The van der Waals surface area contributed by atoms with Gasteiger partial charge in [-0.2, -0.15) is 13.2 Å². The van der Waals surface area contributed by atoms with Crippen molar-refractivity contribution in [2.24, 2.45) is 16.1 Å². The van der Waals surface area contributed by atoms with Gasteiger partial charge in [0.2, 0.25) is 0 Å². The zero-order valence-electron chi connectivity index (χ0n) is 12.1.